The molecule has 0 heterocycles. The first-order valence-electron chi connectivity index (χ1n) is 6.18. The van der Waals surface area contributed by atoms with Crippen molar-refractivity contribution >= 4 is 5.96 Å². The quantitative estimate of drug-likeness (QED) is 0.531. The molecular weight excluding hydrogens is 200 g/mol. The maximum absolute atomic E-state index is 4.19. The molecule has 0 aliphatic rings. The Balaban J connectivity index is 3.81. The van der Waals surface area contributed by atoms with Crippen molar-refractivity contribution in [2.45, 2.75) is 46.2 Å². The van der Waals surface area contributed by atoms with E-state index in [0.29, 0.717) is 12.1 Å². The fourth-order valence-electron chi connectivity index (χ4n) is 1.14. The minimum absolute atomic E-state index is 0.467. The Hall–Kier alpha value is -0.770. The van der Waals surface area contributed by atoms with Gasteiger partial charge in [0.1, 0.15) is 0 Å². The van der Waals surface area contributed by atoms with Crippen LogP contribution in [0.1, 0.15) is 34.1 Å². The van der Waals surface area contributed by atoms with Gasteiger partial charge in [0.05, 0.1) is 0 Å². The summed E-state index contributed by atoms with van der Waals surface area (Å²) in [6.07, 6.45) is 1.10. The van der Waals surface area contributed by atoms with E-state index in [-0.39, 0.29) is 0 Å². The molecule has 0 saturated carbocycles. The molecule has 4 heteroatoms. The molecule has 4 nitrogen and oxygen atoms in total. The first-order chi connectivity index (χ1) is 7.51. The van der Waals surface area contributed by atoms with Crippen molar-refractivity contribution < 1.29 is 0 Å². The smallest absolute Gasteiger partial charge is 0.191 e. The van der Waals surface area contributed by atoms with Gasteiger partial charge in [-0.2, -0.15) is 0 Å². The van der Waals surface area contributed by atoms with E-state index in [1.165, 1.54) is 0 Å². The third-order valence-corrected chi connectivity index (χ3v) is 2.86. The molecule has 0 aromatic rings. The van der Waals surface area contributed by atoms with E-state index < -0.39 is 0 Å². The Morgan fingerprint density at radius 2 is 1.94 bits per heavy atom. The van der Waals surface area contributed by atoms with Crippen molar-refractivity contribution in [3.63, 3.8) is 0 Å². The van der Waals surface area contributed by atoms with Crippen LogP contribution in [-0.2, 0) is 0 Å². The highest BCUT2D eigenvalue weighted by Crippen LogP contribution is 1.91. The van der Waals surface area contributed by atoms with Gasteiger partial charge >= 0.3 is 0 Å². The fraction of sp³-hybridized carbons (Fsp3) is 0.917. The summed E-state index contributed by atoms with van der Waals surface area (Å²) in [5, 5.41) is 6.66. The molecule has 0 aromatic carbocycles. The van der Waals surface area contributed by atoms with Gasteiger partial charge in [-0.1, -0.05) is 6.92 Å². The summed E-state index contributed by atoms with van der Waals surface area (Å²) in [7, 11) is 3.95. The Bertz CT molecular complexity index is 201. The summed E-state index contributed by atoms with van der Waals surface area (Å²) in [5.74, 6) is 0.895. The molecule has 0 rings (SSSR count). The molecule has 2 N–H and O–H groups in total. The number of hydrogen-bond acceptors (Lipinski definition) is 2. The van der Waals surface area contributed by atoms with Crippen molar-refractivity contribution in [2.75, 3.05) is 27.2 Å². The standard InChI is InChI=1S/C12H28N4/c1-7-11(4)15-12(13-5)14-8-9-16(6)10(2)3/h10-11H,7-9H2,1-6H3,(H2,13,14,15). The SMILES string of the molecule is CCC(C)NC(=NC)NCCN(C)C(C)C. The lowest BCUT2D eigenvalue weighted by molar-refractivity contribution is 0.278. The average Bonchev–Trinajstić information content (AvgIpc) is 2.26. The number of guanidine groups is 1. The highest BCUT2D eigenvalue weighted by atomic mass is 15.2. The van der Waals surface area contributed by atoms with Gasteiger partial charge in [-0.05, 0) is 34.2 Å². The number of nitrogens with zero attached hydrogens (tertiary/aromatic N) is 2. The van der Waals surface area contributed by atoms with Gasteiger partial charge < -0.3 is 15.5 Å². The molecule has 1 atom stereocenters. The normalized spacial score (nSPS) is 14.4. The Morgan fingerprint density at radius 3 is 2.38 bits per heavy atom. The van der Waals surface area contributed by atoms with E-state index in [1.54, 1.807) is 0 Å². The summed E-state index contributed by atoms with van der Waals surface area (Å²) < 4.78 is 0. The molecule has 0 radical (unpaired) electrons. The fourth-order valence-corrected chi connectivity index (χ4v) is 1.14. The van der Waals surface area contributed by atoms with Gasteiger partial charge in [-0.25, -0.2) is 0 Å². The lowest BCUT2D eigenvalue weighted by Crippen LogP contribution is -2.44. The van der Waals surface area contributed by atoms with Crippen LogP contribution in [0.5, 0.6) is 0 Å². The van der Waals surface area contributed by atoms with E-state index in [9.17, 15) is 0 Å². The first kappa shape index (κ1) is 15.2. The molecule has 0 aliphatic heterocycles. The van der Waals surface area contributed by atoms with Crippen molar-refractivity contribution in [1.82, 2.24) is 15.5 Å². The lowest BCUT2D eigenvalue weighted by atomic mass is 10.3. The Morgan fingerprint density at radius 1 is 1.31 bits per heavy atom. The van der Waals surface area contributed by atoms with Crippen LogP contribution in [0, 0.1) is 0 Å². The molecule has 0 saturated heterocycles. The van der Waals surface area contributed by atoms with Gasteiger partial charge in [0.25, 0.3) is 0 Å². The van der Waals surface area contributed by atoms with Crippen molar-refractivity contribution in [2.24, 2.45) is 4.99 Å². The molecular formula is C12H28N4. The van der Waals surface area contributed by atoms with Crippen LogP contribution in [0.4, 0.5) is 0 Å². The second-order valence-electron chi connectivity index (χ2n) is 4.53. The summed E-state index contributed by atoms with van der Waals surface area (Å²) in [4.78, 5) is 6.50. The predicted molar refractivity (Wildman–Crippen MR) is 72.0 cm³/mol. The van der Waals surface area contributed by atoms with Gasteiger partial charge in [-0.15, -0.1) is 0 Å². The number of rotatable bonds is 6. The average molecular weight is 228 g/mol. The number of likely N-dealkylation sites (N-methyl/N-ethyl adjacent to an activating group) is 1. The number of nitrogens with one attached hydrogen (secondary N) is 2. The Kier molecular flexibility index (Phi) is 7.99. The van der Waals surface area contributed by atoms with Gasteiger partial charge in [-0.3, -0.25) is 4.99 Å². The molecule has 16 heavy (non-hydrogen) atoms. The second kappa shape index (κ2) is 8.39. The van der Waals surface area contributed by atoms with Crippen LogP contribution in [0.15, 0.2) is 4.99 Å². The summed E-state index contributed by atoms with van der Waals surface area (Å²) in [6, 6.07) is 1.06. The van der Waals surface area contributed by atoms with E-state index in [0.717, 1.165) is 25.5 Å². The van der Waals surface area contributed by atoms with Crippen LogP contribution >= 0.6 is 0 Å². The number of aliphatic imine (C=N–C) groups is 1. The summed E-state index contributed by atoms with van der Waals surface area (Å²) in [5.41, 5.74) is 0. The predicted octanol–water partition coefficient (Wildman–Crippen LogP) is 1.29. The van der Waals surface area contributed by atoms with E-state index in [2.05, 4.69) is 55.3 Å². The first-order valence-corrected chi connectivity index (χ1v) is 6.18. The van der Waals surface area contributed by atoms with Crippen molar-refractivity contribution in [1.29, 1.82) is 0 Å². The second-order valence-corrected chi connectivity index (χ2v) is 4.53. The molecule has 0 amide bonds. The highest BCUT2D eigenvalue weighted by Gasteiger charge is 2.04. The van der Waals surface area contributed by atoms with Crippen molar-refractivity contribution in [3.8, 4) is 0 Å². The molecule has 0 aromatic heterocycles. The van der Waals surface area contributed by atoms with Gasteiger partial charge in [0, 0.05) is 32.2 Å². The third kappa shape index (κ3) is 6.67. The topological polar surface area (TPSA) is 39.7 Å². The maximum Gasteiger partial charge on any atom is 0.191 e. The minimum atomic E-state index is 0.467. The zero-order chi connectivity index (χ0) is 12.6. The Labute approximate surface area is 101 Å². The molecule has 96 valence electrons. The van der Waals surface area contributed by atoms with Crippen LogP contribution < -0.4 is 10.6 Å². The summed E-state index contributed by atoms with van der Waals surface area (Å²) in [6.45, 7) is 10.7. The zero-order valence-electron chi connectivity index (χ0n) is 11.7. The maximum atomic E-state index is 4.19. The monoisotopic (exact) mass is 228 g/mol. The van der Waals surface area contributed by atoms with Gasteiger partial charge in [0.2, 0.25) is 0 Å². The van der Waals surface area contributed by atoms with E-state index in [1.807, 2.05) is 7.05 Å². The van der Waals surface area contributed by atoms with Crippen LogP contribution in [0.2, 0.25) is 0 Å². The van der Waals surface area contributed by atoms with E-state index in [4.69, 9.17) is 0 Å². The van der Waals surface area contributed by atoms with E-state index >= 15 is 0 Å². The summed E-state index contributed by atoms with van der Waals surface area (Å²) >= 11 is 0. The third-order valence-electron chi connectivity index (χ3n) is 2.86. The number of hydrogen-bond donors (Lipinski definition) is 2. The zero-order valence-corrected chi connectivity index (χ0v) is 11.7. The van der Waals surface area contributed by atoms with Crippen LogP contribution in [0.25, 0.3) is 0 Å². The minimum Gasteiger partial charge on any atom is -0.355 e. The molecule has 0 aliphatic carbocycles. The molecule has 0 fully saturated rings. The largest absolute Gasteiger partial charge is 0.355 e. The van der Waals surface area contributed by atoms with Crippen molar-refractivity contribution in [3.05, 3.63) is 0 Å². The molecule has 1 unspecified atom stereocenters. The van der Waals surface area contributed by atoms with Crippen LogP contribution in [-0.4, -0.2) is 50.1 Å². The molecule has 0 bridgehead atoms. The lowest BCUT2D eigenvalue weighted by Gasteiger charge is -2.22. The highest BCUT2D eigenvalue weighted by molar-refractivity contribution is 5.79. The van der Waals surface area contributed by atoms with Crippen LogP contribution in [0.3, 0.4) is 0 Å². The van der Waals surface area contributed by atoms with Gasteiger partial charge in [0.15, 0.2) is 5.96 Å². The molecule has 0 spiro atoms.